The molecule has 6 aromatic rings. The molecule has 0 saturated heterocycles. The smallest absolute Gasteiger partial charge is 0.262 e. The number of anilines is 2. The maximum Gasteiger partial charge on any atom is 0.262 e. The van der Waals surface area contributed by atoms with Gasteiger partial charge in [0.15, 0.2) is 19.0 Å². The Labute approximate surface area is 284 Å². The van der Waals surface area contributed by atoms with E-state index in [4.69, 9.17) is 9.47 Å². The topological polar surface area (TPSA) is 93.7 Å². The van der Waals surface area contributed by atoms with E-state index in [-0.39, 0.29) is 30.8 Å². The predicted octanol–water partition coefficient (Wildman–Crippen LogP) is 7.65. The molecule has 0 radical (unpaired) electrons. The van der Waals surface area contributed by atoms with Crippen molar-refractivity contribution in [2.75, 3.05) is 23.8 Å². The van der Waals surface area contributed by atoms with Crippen LogP contribution in [0.4, 0.5) is 11.4 Å². The molecular formula is C42H32N2O5. The lowest BCUT2D eigenvalue weighted by Gasteiger charge is -2.41. The SMILES string of the molecule is O=C(COc1ccccc1)Nc1ccc(C2(c3ccc(NC(=O)COc4ccccc4)cc3)c3ccccc3C(=O)c3ccccc32)cc1. The average molecular weight is 645 g/mol. The van der Waals surface area contributed by atoms with Gasteiger partial charge in [-0.2, -0.15) is 0 Å². The number of hydrogen-bond acceptors (Lipinski definition) is 5. The number of benzene rings is 6. The first-order valence-electron chi connectivity index (χ1n) is 15.9. The molecule has 49 heavy (non-hydrogen) atoms. The van der Waals surface area contributed by atoms with Crippen molar-refractivity contribution in [1.29, 1.82) is 0 Å². The molecule has 0 unspecified atom stereocenters. The monoisotopic (exact) mass is 644 g/mol. The molecule has 0 atom stereocenters. The van der Waals surface area contributed by atoms with Crippen LogP contribution in [0.3, 0.4) is 0 Å². The molecule has 1 aliphatic rings. The lowest BCUT2D eigenvalue weighted by molar-refractivity contribution is -0.118. The predicted molar refractivity (Wildman–Crippen MR) is 189 cm³/mol. The summed E-state index contributed by atoms with van der Waals surface area (Å²) in [6.45, 7) is -0.250. The molecule has 7 rings (SSSR count). The van der Waals surface area contributed by atoms with Crippen LogP contribution >= 0.6 is 0 Å². The fourth-order valence-electron chi connectivity index (χ4n) is 6.43. The largest absolute Gasteiger partial charge is 0.484 e. The van der Waals surface area contributed by atoms with Crippen LogP contribution in [0.1, 0.15) is 38.2 Å². The Bertz CT molecular complexity index is 1960. The molecule has 2 N–H and O–H groups in total. The number of carbonyl (C=O) groups is 3. The van der Waals surface area contributed by atoms with E-state index in [1.54, 1.807) is 24.3 Å². The van der Waals surface area contributed by atoms with Crippen molar-refractivity contribution >= 4 is 29.0 Å². The number of amides is 2. The quantitative estimate of drug-likeness (QED) is 0.160. The van der Waals surface area contributed by atoms with Crippen LogP contribution in [0.5, 0.6) is 11.5 Å². The summed E-state index contributed by atoms with van der Waals surface area (Å²) in [4.78, 5) is 39.3. The second-order valence-corrected chi connectivity index (χ2v) is 11.6. The molecule has 0 heterocycles. The first-order valence-corrected chi connectivity index (χ1v) is 15.9. The van der Waals surface area contributed by atoms with E-state index in [9.17, 15) is 14.4 Å². The fraction of sp³-hybridized carbons (Fsp3) is 0.0714. The van der Waals surface area contributed by atoms with Crippen LogP contribution < -0.4 is 20.1 Å². The summed E-state index contributed by atoms with van der Waals surface area (Å²) in [5, 5.41) is 5.84. The number of rotatable bonds is 10. The molecule has 0 bridgehead atoms. The summed E-state index contributed by atoms with van der Waals surface area (Å²) in [5.41, 5.74) is 5.10. The van der Waals surface area contributed by atoms with Crippen molar-refractivity contribution in [3.05, 3.63) is 191 Å². The van der Waals surface area contributed by atoms with E-state index in [0.717, 1.165) is 22.3 Å². The minimum absolute atomic E-state index is 0.0357. The molecule has 1 aliphatic carbocycles. The normalized spacial score (nSPS) is 12.6. The van der Waals surface area contributed by atoms with Gasteiger partial charge in [0, 0.05) is 22.5 Å². The van der Waals surface area contributed by atoms with E-state index in [2.05, 4.69) is 10.6 Å². The summed E-state index contributed by atoms with van der Waals surface area (Å²) in [7, 11) is 0. The Balaban J connectivity index is 1.22. The number of ketones is 1. The maximum absolute atomic E-state index is 13.8. The molecule has 0 aliphatic heterocycles. The van der Waals surface area contributed by atoms with Crippen LogP contribution in [0, 0.1) is 0 Å². The van der Waals surface area contributed by atoms with E-state index < -0.39 is 5.41 Å². The minimum atomic E-state index is -0.876. The molecule has 7 nitrogen and oxygen atoms in total. The van der Waals surface area contributed by atoms with Crippen LogP contribution in [0.25, 0.3) is 0 Å². The van der Waals surface area contributed by atoms with Crippen molar-refractivity contribution in [3.8, 4) is 11.5 Å². The lowest BCUT2D eigenvalue weighted by Crippen LogP contribution is -2.38. The van der Waals surface area contributed by atoms with Crippen LogP contribution in [0.15, 0.2) is 158 Å². The highest BCUT2D eigenvalue weighted by Crippen LogP contribution is 2.51. The van der Waals surface area contributed by atoms with Gasteiger partial charge in [-0.05, 0) is 70.8 Å². The maximum atomic E-state index is 13.8. The Morgan fingerprint density at radius 1 is 0.469 bits per heavy atom. The number of ether oxygens (including phenoxy) is 2. The molecule has 0 aromatic heterocycles. The number of hydrogen-bond donors (Lipinski definition) is 2. The molecule has 2 amide bonds. The zero-order valence-electron chi connectivity index (χ0n) is 26.5. The third-order valence-corrected chi connectivity index (χ3v) is 8.58. The number of nitrogens with one attached hydrogen (secondary N) is 2. The van der Waals surface area contributed by atoms with Gasteiger partial charge < -0.3 is 20.1 Å². The van der Waals surface area contributed by atoms with E-state index in [0.29, 0.717) is 34.0 Å². The fourth-order valence-corrected chi connectivity index (χ4v) is 6.43. The highest BCUT2D eigenvalue weighted by atomic mass is 16.5. The van der Waals surface area contributed by atoms with Gasteiger partial charge in [0.2, 0.25) is 0 Å². The van der Waals surface area contributed by atoms with Crippen molar-refractivity contribution in [1.82, 2.24) is 0 Å². The van der Waals surface area contributed by atoms with Crippen LogP contribution in [-0.2, 0) is 15.0 Å². The molecule has 240 valence electrons. The van der Waals surface area contributed by atoms with Crippen molar-refractivity contribution in [3.63, 3.8) is 0 Å². The molecular weight excluding hydrogens is 612 g/mol. The highest BCUT2D eigenvalue weighted by molar-refractivity contribution is 6.14. The van der Waals surface area contributed by atoms with Crippen LogP contribution in [-0.4, -0.2) is 30.8 Å². The van der Waals surface area contributed by atoms with Crippen molar-refractivity contribution < 1.29 is 23.9 Å². The van der Waals surface area contributed by atoms with Crippen LogP contribution in [0.2, 0.25) is 0 Å². The van der Waals surface area contributed by atoms with Gasteiger partial charge in [-0.25, -0.2) is 0 Å². The number of carbonyl (C=O) groups excluding carboxylic acids is 3. The lowest BCUT2D eigenvalue weighted by atomic mass is 9.59. The number of fused-ring (bicyclic) bond motifs is 2. The van der Waals surface area contributed by atoms with Gasteiger partial charge >= 0.3 is 0 Å². The van der Waals surface area contributed by atoms with E-state index in [1.165, 1.54) is 0 Å². The van der Waals surface area contributed by atoms with Gasteiger partial charge in [-0.15, -0.1) is 0 Å². The standard InChI is InChI=1S/C42H32N2O5/c45-39(27-48-33-11-3-1-4-12-33)43-31-23-19-29(20-24-31)42(37-17-9-7-15-35(37)41(47)36-16-8-10-18-38(36)42)30-21-25-32(26-22-30)44-40(46)28-49-34-13-5-2-6-14-34/h1-26H,27-28H2,(H,43,45)(H,44,46). The molecule has 0 spiro atoms. The van der Waals surface area contributed by atoms with Gasteiger partial charge in [0.25, 0.3) is 11.8 Å². The average Bonchev–Trinajstić information content (AvgIpc) is 3.15. The molecule has 0 fully saturated rings. The zero-order chi connectivity index (χ0) is 33.6. The van der Waals surface area contributed by atoms with Crippen molar-refractivity contribution in [2.24, 2.45) is 0 Å². The Morgan fingerprint density at radius 2 is 0.837 bits per heavy atom. The molecule has 0 saturated carbocycles. The second-order valence-electron chi connectivity index (χ2n) is 11.6. The summed E-state index contributed by atoms with van der Waals surface area (Å²) < 4.78 is 11.2. The minimum Gasteiger partial charge on any atom is -0.484 e. The second kappa shape index (κ2) is 13.7. The van der Waals surface area contributed by atoms with Gasteiger partial charge in [0.1, 0.15) is 11.5 Å². The summed E-state index contributed by atoms with van der Waals surface area (Å²) in [6.07, 6.45) is 0. The third kappa shape index (κ3) is 6.30. The van der Waals surface area contributed by atoms with Gasteiger partial charge in [-0.3, -0.25) is 14.4 Å². The molecule has 7 heteroatoms. The first-order chi connectivity index (χ1) is 24.0. The third-order valence-electron chi connectivity index (χ3n) is 8.58. The van der Waals surface area contributed by atoms with Gasteiger partial charge in [0.05, 0.1) is 5.41 Å². The molecule has 6 aromatic carbocycles. The van der Waals surface area contributed by atoms with E-state index in [1.807, 2.05) is 133 Å². The Morgan fingerprint density at radius 3 is 1.24 bits per heavy atom. The Hall–Kier alpha value is -6.47. The summed E-state index contributed by atoms with van der Waals surface area (Å²) in [6, 6.07) is 49.1. The Kier molecular flexibility index (Phi) is 8.72. The summed E-state index contributed by atoms with van der Waals surface area (Å²) >= 11 is 0. The highest BCUT2D eigenvalue weighted by Gasteiger charge is 2.46. The van der Waals surface area contributed by atoms with Gasteiger partial charge in [-0.1, -0.05) is 109 Å². The summed E-state index contributed by atoms with van der Waals surface area (Å²) in [5.74, 6) is 0.635. The number of para-hydroxylation sites is 2. The van der Waals surface area contributed by atoms with E-state index >= 15 is 0 Å². The van der Waals surface area contributed by atoms with Crippen molar-refractivity contribution in [2.45, 2.75) is 5.41 Å². The zero-order valence-corrected chi connectivity index (χ0v) is 26.5. The first kappa shape index (κ1) is 31.1.